The Labute approximate surface area is 187 Å². The molecule has 3 rings (SSSR count). The fourth-order valence-electron chi connectivity index (χ4n) is 3.15. The number of hydrogen-bond donors (Lipinski definition) is 2. The zero-order valence-electron chi connectivity index (χ0n) is 18.8. The molecule has 0 bridgehead atoms. The molecule has 0 spiro atoms. The molecule has 2 aromatic carbocycles. The molecule has 0 fully saturated rings. The maximum Gasteiger partial charge on any atom is 0.251 e. The lowest BCUT2D eigenvalue weighted by molar-refractivity contribution is -0.118. The largest absolute Gasteiger partial charge is 0.497 e. The number of nitrogens with zero attached hydrogens (tertiary/aromatic N) is 1. The molecule has 1 atom stereocenters. The second kappa shape index (κ2) is 9.06. The molecule has 1 aromatic heterocycles. The summed E-state index contributed by atoms with van der Waals surface area (Å²) in [5.74, 6) is 0.0788. The van der Waals surface area contributed by atoms with Crippen LogP contribution in [0.15, 0.2) is 42.5 Å². The van der Waals surface area contributed by atoms with E-state index in [0.29, 0.717) is 10.7 Å². The van der Waals surface area contributed by atoms with Gasteiger partial charge < -0.3 is 15.4 Å². The molecule has 0 unspecified atom stereocenters. The summed E-state index contributed by atoms with van der Waals surface area (Å²) in [6, 6.07) is 12.4. The number of benzene rings is 2. The Morgan fingerprint density at radius 3 is 2.32 bits per heavy atom. The van der Waals surface area contributed by atoms with Crippen molar-refractivity contribution in [1.29, 1.82) is 0 Å². The van der Waals surface area contributed by atoms with Gasteiger partial charge in [0.2, 0.25) is 5.91 Å². The minimum absolute atomic E-state index is 0.0105. The van der Waals surface area contributed by atoms with E-state index in [0.717, 1.165) is 21.5 Å². The van der Waals surface area contributed by atoms with Crippen molar-refractivity contribution in [3.05, 3.63) is 53.6 Å². The van der Waals surface area contributed by atoms with Gasteiger partial charge in [-0.25, -0.2) is 4.98 Å². The Morgan fingerprint density at radius 2 is 1.74 bits per heavy atom. The molecule has 6 nitrogen and oxygen atoms in total. The zero-order chi connectivity index (χ0) is 22.8. The molecule has 0 saturated carbocycles. The smallest absolute Gasteiger partial charge is 0.251 e. The molecule has 0 aliphatic carbocycles. The normalized spacial score (nSPS) is 12.6. The lowest BCUT2D eigenvalue weighted by Crippen LogP contribution is -2.47. The maximum atomic E-state index is 12.9. The highest BCUT2D eigenvalue weighted by Crippen LogP contribution is 2.29. The van der Waals surface area contributed by atoms with Crippen molar-refractivity contribution >= 4 is 38.5 Å². The van der Waals surface area contributed by atoms with Gasteiger partial charge in [0.15, 0.2) is 5.13 Å². The van der Waals surface area contributed by atoms with E-state index in [2.05, 4.69) is 36.4 Å². The minimum atomic E-state index is -0.684. The molecule has 0 aliphatic heterocycles. The summed E-state index contributed by atoms with van der Waals surface area (Å²) in [6.45, 7) is 10.2. The molecule has 0 aliphatic rings. The van der Waals surface area contributed by atoms with Crippen LogP contribution in [0.25, 0.3) is 10.2 Å². The molecule has 1 heterocycles. The van der Waals surface area contributed by atoms with Gasteiger partial charge in [-0.15, -0.1) is 0 Å². The van der Waals surface area contributed by atoms with E-state index in [4.69, 9.17) is 4.74 Å². The first-order valence-electron chi connectivity index (χ1n) is 10.3. The number of aromatic nitrogens is 1. The van der Waals surface area contributed by atoms with E-state index >= 15 is 0 Å². The first-order chi connectivity index (χ1) is 14.6. The Morgan fingerprint density at radius 1 is 1.06 bits per heavy atom. The molecule has 2 amide bonds. The third-order valence-corrected chi connectivity index (χ3v) is 6.01. The highest BCUT2D eigenvalue weighted by atomic mass is 32.1. The average molecular weight is 440 g/mol. The standard InChI is InChI=1S/C24H29N3O3S/c1-14(2)20(26-21(28)15-7-9-16(10-8-15)24(3,4)5)22(29)27-23-25-18-12-11-17(30-6)13-19(18)31-23/h7-14,20H,1-6H3,(H,26,28)(H,25,27,29)/t20-/m1/s1. The van der Waals surface area contributed by atoms with Gasteiger partial charge in [0.05, 0.1) is 17.3 Å². The number of amides is 2. The highest BCUT2D eigenvalue weighted by molar-refractivity contribution is 7.22. The van der Waals surface area contributed by atoms with Crippen LogP contribution in [0.2, 0.25) is 0 Å². The van der Waals surface area contributed by atoms with E-state index < -0.39 is 6.04 Å². The van der Waals surface area contributed by atoms with Crippen molar-refractivity contribution in [3.8, 4) is 5.75 Å². The van der Waals surface area contributed by atoms with Crippen molar-refractivity contribution < 1.29 is 14.3 Å². The van der Waals surface area contributed by atoms with Gasteiger partial charge >= 0.3 is 0 Å². The number of anilines is 1. The van der Waals surface area contributed by atoms with Crippen molar-refractivity contribution in [2.24, 2.45) is 5.92 Å². The third-order valence-electron chi connectivity index (χ3n) is 5.07. The summed E-state index contributed by atoms with van der Waals surface area (Å²) >= 11 is 1.37. The van der Waals surface area contributed by atoms with Crippen molar-refractivity contribution in [2.45, 2.75) is 46.1 Å². The Hall–Kier alpha value is -2.93. The number of fused-ring (bicyclic) bond motifs is 1. The number of rotatable bonds is 6. The van der Waals surface area contributed by atoms with Crippen molar-refractivity contribution in [3.63, 3.8) is 0 Å². The summed E-state index contributed by atoms with van der Waals surface area (Å²) in [7, 11) is 1.61. The molecular weight excluding hydrogens is 410 g/mol. The third kappa shape index (κ3) is 5.41. The van der Waals surface area contributed by atoms with Gasteiger partial charge in [0, 0.05) is 5.56 Å². The van der Waals surface area contributed by atoms with Crippen LogP contribution in [0, 0.1) is 5.92 Å². The quantitative estimate of drug-likeness (QED) is 0.567. The molecule has 164 valence electrons. The topological polar surface area (TPSA) is 80.3 Å². The van der Waals surface area contributed by atoms with Crippen molar-refractivity contribution in [1.82, 2.24) is 10.3 Å². The minimum Gasteiger partial charge on any atom is -0.497 e. The lowest BCUT2D eigenvalue weighted by atomic mass is 9.86. The lowest BCUT2D eigenvalue weighted by Gasteiger charge is -2.22. The number of thiazole rings is 1. The average Bonchev–Trinajstić information content (AvgIpc) is 3.12. The summed E-state index contributed by atoms with van der Waals surface area (Å²) in [6.07, 6.45) is 0. The van der Waals surface area contributed by atoms with Crippen LogP contribution >= 0.6 is 11.3 Å². The number of methoxy groups -OCH3 is 1. The molecule has 3 aromatic rings. The monoisotopic (exact) mass is 439 g/mol. The maximum absolute atomic E-state index is 12.9. The number of nitrogens with one attached hydrogen (secondary N) is 2. The highest BCUT2D eigenvalue weighted by Gasteiger charge is 2.26. The number of carbonyl (C=O) groups is 2. The summed E-state index contributed by atoms with van der Waals surface area (Å²) < 4.78 is 6.15. The van der Waals surface area contributed by atoms with Gasteiger partial charge in [-0.3, -0.25) is 9.59 Å². The summed E-state index contributed by atoms with van der Waals surface area (Å²) in [5.41, 5.74) is 2.47. The Bertz CT molecular complexity index is 1080. The molecular formula is C24H29N3O3S. The number of ether oxygens (including phenoxy) is 1. The van der Waals surface area contributed by atoms with Crippen LogP contribution in [0.3, 0.4) is 0 Å². The van der Waals surface area contributed by atoms with Crippen LogP contribution in [0.1, 0.15) is 50.5 Å². The zero-order valence-corrected chi connectivity index (χ0v) is 19.6. The molecule has 31 heavy (non-hydrogen) atoms. The Kier molecular flexibility index (Phi) is 6.65. The molecule has 7 heteroatoms. The fraction of sp³-hybridized carbons (Fsp3) is 0.375. The SMILES string of the molecule is COc1ccc2nc(NC(=O)[C@H](NC(=O)c3ccc(C(C)(C)C)cc3)C(C)C)sc2c1. The van der Waals surface area contributed by atoms with E-state index in [9.17, 15) is 9.59 Å². The number of hydrogen-bond acceptors (Lipinski definition) is 5. The first-order valence-corrected chi connectivity index (χ1v) is 11.1. The van der Waals surface area contributed by atoms with Crippen LogP contribution in [0.5, 0.6) is 5.75 Å². The van der Waals surface area contributed by atoms with E-state index in [-0.39, 0.29) is 23.1 Å². The van der Waals surface area contributed by atoms with E-state index in [1.165, 1.54) is 11.3 Å². The van der Waals surface area contributed by atoms with Gasteiger partial charge in [0.25, 0.3) is 5.91 Å². The van der Waals surface area contributed by atoms with Crippen LogP contribution in [-0.2, 0) is 10.2 Å². The second-order valence-corrected chi connectivity index (χ2v) is 9.90. The summed E-state index contributed by atoms with van der Waals surface area (Å²) in [4.78, 5) is 30.2. The molecule has 2 N–H and O–H groups in total. The van der Waals surface area contributed by atoms with Gasteiger partial charge in [-0.05, 0) is 47.2 Å². The second-order valence-electron chi connectivity index (χ2n) is 8.86. The number of carbonyl (C=O) groups excluding carboxylic acids is 2. The first kappa shape index (κ1) is 22.7. The van der Waals surface area contributed by atoms with Crippen LogP contribution in [-0.4, -0.2) is 29.9 Å². The van der Waals surface area contributed by atoms with Crippen molar-refractivity contribution in [2.75, 3.05) is 12.4 Å². The van der Waals surface area contributed by atoms with Gasteiger partial charge in [-0.1, -0.05) is 58.1 Å². The van der Waals surface area contributed by atoms with Crippen LogP contribution in [0.4, 0.5) is 5.13 Å². The van der Waals surface area contributed by atoms with E-state index in [1.807, 2.05) is 44.2 Å². The van der Waals surface area contributed by atoms with Gasteiger partial charge in [0.1, 0.15) is 11.8 Å². The molecule has 0 saturated heterocycles. The summed E-state index contributed by atoms with van der Waals surface area (Å²) in [5, 5.41) is 6.21. The predicted molar refractivity (Wildman–Crippen MR) is 126 cm³/mol. The predicted octanol–water partition coefficient (Wildman–Crippen LogP) is 5.00. The van der Waals surface area contributed by atoms with Gasteiger partial charge in [-0.2, -0.15) is 0 Å². The Balaban J connectivity index is 1.72. The van der Waals surface area contributed by atoms with E-state index in [1.54, 1.807) is 19.2 Å². The fourth-order valence-corrected chi connectivity index (χ4v) is 4.05. The van der Waals surface area contributed by atoms with Crippen LogP contribution < -0.4 is 15.4 Å². The molecule has 0 radical (unpaired) electrons.